The minimum Gasteiger partial charge on any atom is -0.494 e. The van der Waals surface area contributed by atoms with Crippen LogP contribution in [-0.4, -0.2) is 12.5 Å². The summed E-state index contributed by atoms with van der Waals surface area (Å²) in [6.07, 6.45) is 1.43. The summed E-state index contributed by atoms with van der Waals surface area (Å²) < 4.78 is 5.68. The number of aryl methyl sites for hydroxylation is 1. The van der Waals surface area contributed by atoms with E-state index in [-0.39, 0.29) is 11.6 Å². The van der Waals surface area contributed by atoms with Gasteiger partial charge < -0.3 is 15.4 Å². The Morgan fingerprint density at radius 2 is 2.07 bits per heavy atom. The summed E-state index contributed by atoms with van der Waals surface area (Å²) >= 11 is 6.08. The second-order valence-corrected chi connectivity index (χ2v) is 6.81. The number of ether oxygens (including phenoxy) is 1. The van der Waals surface area contributed by atoms with Crippen LogP contribution in [0.15, 0.2) is 48.2 Å². The van der Waals surface area contributed by atoms with Gasteiger partial charge in [-0.1, -0.05) is 35.4 Å². The van der Waals surface area contributed by atoms with Crippen LogP contribution in [0.5, 0.6) is 5.75 Å². The van der Waals surface area contributed by atoms with E-state index >= 15 is 0 Å². The number of carbonyl (C=O) groups excluding carboxylic acids is 1. The molecule has 0 radical (unpaired) electrons. The third-order valence-corrected chi connectivity index (χ3v) is 4.70. The number of amides is 1. The molecule has 2 N–H and O–H groups in total. The topological polar surface area (TPSA) is 74.1 Å². The molecule has 0 aliphatic heterocycles. The maximum absolute atomic E-state index is 12.5. The lowest BCUT2D eigenvalue weighted by Crippen LogP contribution is -2.19. The summed E-state index contributed by atoms with van der Waals surface area (Å²) in [5, 5.41) is 15.8. The van der Waals surface area contributed by atoms with Gasteiger partial charge in [-0.2, -0.15) is 5.26 Å². The maximum atomic E-state index is 12.5. The summed E-state index contributed by atoms with van der Waals surface area (Å²) in [4.78, 5) is 12.5. The van der Waals surface area contributed by atoms with E-state index in [4.69, 9.17) is 16.3 Å². The van der Waals surface area contributed by atoms with Crippen LogP contribution in [0.3, 0.4) is 0 Å². The predicted octanol–water partition coefficient (Wildman–Crippen LogP) is 5.05. The van der Waals surface area contributed by atoms with E-state index in [0.717, 1.165) is 22.4 Å². The van der Waals surface area contributed by atoms with Gasteiger partial charge in [0.2, 0.25) is 0 Å². The molecule has 0 aromatic heterocycles. The third-order valence-electron chi connectivity index (χ3n) is 4.29. The molecule has 2 rings (SSSR count). The van der Waals surface area contributed by atoms with Gasteiger partial charge in [0.05, 0.1) is 12.6 Å². The number of nitrogens with zero attached hydrogens (tertiary/aromatic N) is 1. The molecule has 0 aliphatic carbocycles. The molecule has 0 heterocycles. The highest BCUT2D eigenvalue weighted by Crippen LogP contribution is 2.27. The molecule has 1 unspecified atom stereocenters. The lowest BCUT2D eigenvalue weighted by molar-refractivity contribution is -0.112. The average molecular weight is 398 g/mol. The Morgan fingerprint density at radius 3 is 2.75 bits per heavy atom. The van der Waals surface area contributed by atoms with Gasteiger partial charge in [0.1, 0.15) is 17.4 Å². The highest BCUT2D eigenvalue weighted by atomic mass is 35.5. The van der Waals surface area contributed by atoms with Crippen molar-refractivity contribution >= 4 is 23.2 Å². The molecule has 5 nitrogen and oxygen atoms in total. The lowest BCUT2D eigenvalue weighted by atomic mass is 10.0. The van der Waals surface area contributed by atoms with Crippen molar-refractivity contribution in [2.75, 3.05) is 11.9 Å². The number of hydrogen-bond donors (Lipinski definition) is 2. The van der Waals surface area contributed by atoms with Gasteiger partial charge in [-0.15, -0.1) is 0 Å². The van der Waals surface area contributed by atoms with Crippen LogP contribution in [0, 0.1) is 25.2 Å². The number of benzene rings is 2. The number of halogens is 1. The van der Waals surface area contributed by atoms with Crippen LogP contribution in [0.4, 0.5) is 5.69 Å². The SMILES string of the molecule is CCOc1ccc(C)cc1C(C)N/C=C(/C#N)C(=O)Nc1cccc(Cl)c1C. The molecule has 0 aliphatic rings. The first-order chi connectivity index (χ1) is 13.4. The fraction of sp³-hybridized carbons (Fsp3) is 0.273. The Labute approximate surface area is 171 Å². The first kappa shape index (κ1) is 21.3. The highest BCUT2D eigenvalue weighted by molar-refractivity contribution is 6.31. The Hall–Kier alpha value is -2.97. The standard InChI is InChI=1S/C22H24ClN3O2/c1-5-28-21-10-9-14(2)11-18(21)16(4)25-13-17(12-24)22(27)26-20-8-6-7-19(23)15(20)3/h6-11,13,16,25H,5H2,1-4H3,(H,26,27)/b17-13-. The molecule has 2 aromatic rings. The number of nitriles is 1. The molecule has 28 heavy (non-hydrogen) atoms. The number of carbonyl (C=O) groups is 1. The quantitative estimate of drug-likeness (QED) is 0.506. The van der Waals surface area contributed by atoms with Crippen LogP contribution < -0.4 is 15.4 Å². The number of nitrogens with one attached hydrogen (secondary N) is 2. The van der Waals surface area contributed by atoms with Crippen molar-refractivity contribution in [2.24, 2.45) is 0 Å². The van der Waals surface area contributed by atoms with Crippen molar-refractivity contribution in [1.29, 1.82) is 5.26 Å². The zero-order chi connectivity index (χ0) is 20.7. The Morgan fingerprint density at radius 1 is 1.32 bits per heavy atom. The van der Waals surface area contributed by atoms with Crippen LogP contribution >= 0.6 is 11.6 Å². The lowest BCUT2D eigenvalue weighted by Gasteiger charge is -2.18. The Balaban J connectivity index is 2.17. The van der Waals surface area contributed by atoms with E-state index in [1.54, 1.807) is 25.1 Å². The molecule has 1 atom stereocenters. The monoisotopic (exact) mass is 397 g/mol. The van der Waals surface area contributed by atoms with Gasteiger partial charge in [-0.3, -0.25) is 4.79 Å². The maximum Gasteiger partial charge on any atom is 0.267 e. The predicted molar refractivity (Wildman–Crippen MR) is 112 cm³/mol. The summed E-state index contributed by atoms with van der Waals surface area (Å²) in [6, 6.07) is 13.0. The second kappa shape index (κ2) is 9.82. The van der Waals surface area contributed by atoms with Crippen LogP contribution in [0.1, 0.15) is 36.6 Å². The molecular formula is C22H24ClN3O2. The average Bonchev–Trinajstić information content (AvgIpc) is 2.67. The van der Waals surface area contributed by atoms with E-state index in [9.17, 15) is 10.1 Å². The van der Waals surface area contributed by atoms with Gasteiger partial charge in [0.25, 0.3) is 5.91 Å². The van der Waals surface area contributed by atoms with Crippen molar-refractivity contribution in [3.8, 4) is 11.8 Å². The van der Waals surface area contributed by atoms with Crippen molar-refractivity contribution in [3.05, 3.63) is 69.9 Å². The second-order valence-electron chi connectivity index (χ2n) is 6.40. The van der Waals surface area contributed by atoms with Crippen LogP contribution in [-0.2, 0) is 4.79 Å². The molecule has 0 fully saturated rings. The van der Waals surface area contributed by atoms with Gasteiger partial charge in [0, 0.05) is 22.5 Å². The number of anilines is 1. The van der Waals surface area contributed by atoms with Crippen molar-refractivity contribution in [3.63, 3.8) is 0 Å². The third kappa shape index (κ3) is 5.28. The molecule has 0 saturated carbocycles. The van der Waals surface area contributed by atoms with Crippen LogP contribution in [0.25, 0.3) is 0 Å². The largest absolute Gasteiger partial charge is 0.494 e. The molecule has 146 valence electrons. The molecule has 0 spiro atoms. The zero-order valence-electron chi connectivity index (χ0n) is 16.5. The van der Waals surface area contributed by atoms with E-state index in [1.165, 1.54) is 6.20 Å². The Kier molecular flexibility index (Phi) is 7.48. The highest BCUT2D eigenvalue weighted by Gasteiger charge is 2.14. The van der Waals surface area contributed by atoms with E-state index in [2.05, 4.69) is 10.6 Å². The fourth-order valence-corrected chi connectivity index (χ4v) is 2.85. The molecule has 0 saturated heterocycles. The van der Waals surface area contributed by atoms with Crippen LogP contribution in [0.2, 0.25) is 5.02 Å². The summed E-state index contributed by atoms with van der Waals surface area (Å²) in [7, 11) is 0. The van der Waals surface area contributed by atoms with Gasteiger partial charge in [-0.25, -0.2) is 0 Å². The first-order valence-corrected chi connectivity index (χ1v) is 9.41. The fourth-order valence-electron chi connectivity index (χ4n) is 2.67. The molecular weight excluding hydrogens is 374 g/mol. The zero-order valence-corrected chi connectivity index (χ0v) is 17.2. The van der Waals surface area contributed by atoms with Crippen molar-refractivity contribution < 1.29 is 9.53 Å². The smallest absolute Gasteiger partial charge is 0.267 e. The van der Waals surface area contributed by atoms with Gasteiger partial charge >= 0.3 is 0 Å². The van der Waals surface area contributed by atoms with Gasteiger partial charge in [0.15, 0.2) is 0 Å². The van der Waals surface area contributed by atoms with Gasteiger partial charge in [-0.05, 0) is 51.5 Å². The minimum absolute atomic E-state index is 0.0307. The van der Waals surface area contributed by atoms with E-state index in [1.807, 2.05) is 45.0 Å². The first-order valence-electron chi connectivity index (χ1n) is 9.03. The van der Waals surface area contributed by atoms with Crippen molar-refractivity contribution in [2.45, 2.75) is 33.7 Å². The summed E-state index contributed by atoms with van der Waals surface area (Å²) in [5.41, 5.74) is 3.35. The molecule has 6 heteroatoms. The van der Waals surface area contributed by atoms with E-state index < -0.39 is 5.91 Å². The molecule has 0 bridgehead atoms. The summed E-state index contributed by atoms with van der Waals surface area (Å²) in [6.45, 7) is 8.24. The summed E-state index contributed by atoms with van der Waals surface area (Å²) in [5.74, 6) is 0.279. The minimum atomic E-state index is -0.498. The molecule has 1 amide bonds. The van der Waals surface area contributed by atoms with Crippen molar-refractivity contribution in [1.82, 2.24) is 5.32 Å². The number of hydrogen-bond acceptors (Lipinski definition) is 4. The molecule has 2 aromatic carbocycles. The Bertz CT molecular complexity index is 932. The normalized spacial score (nSPS) is 12.1. The van der Waals surface area contributed by atoms with E-state index in [0.29, 0.717) is 17.3 Å². The number of rotatable bonds is 7.